The maximum absolute atomic E-state index is 12.3. The molecule has 0 radical (unpaired) electrons. The van der Waals surface area contributed by atoms with E-state index in [1.807, 2.05) is 13.0 Å². The molecule has 1 aromatic heterocycles. The summed E-state index contributed by atoms with van der Waals surface area (Å²) in [6.45, 7) is 4.08. The van der Waals surface area contributed by atoms with E-state index in [4.69, 9.17) is 0 Å². The molecule has 1 amide bonds. The standard InChI is InChI=1S/C18H20N2O2S/c1-11-3-8-16-14(9-11)10-17(23-16)18(22)20-19-12(2)13-4-6-15(21)7-5-13/h4-7,10-11,21H,3,8-9H2,1-2H3,(H,20,22)/b19-12-/t11-/m1/s1. The number of thiophene rings is 1. The maximum Gasteiger partial charge on any atom is 0.281 e. The highest BCUT2D eigenvalue weighted by molar-refractivity contribution is 7.14. The summed E-state index contributed by atoms with van der Waals surface area (Å²) < 4.78 is 0. The molecule has 0 unspecified atom stereocenters. The number of hydrogen-bond donors (Lipinski definition) is 2. The molecule has 0 aliphatic heterocycles. The first kappa shape index (κ1) is 15.7. The van der Waals surface area contributed by atoms with Crippen LogP contribution < -0.4 is 5.43 Å². The first-order valence-electron chi connectivity index (χ1n) is 7.78. The van der Waals surface area contributed by atoms with Gasteiger partial charge in [-0.3, -0.25) is 4.79 Å². The molecular weight excluding hydrogens is 308 g/mol. The number of aromatic hydroxyl groups is 1. The maximum atomic E-state index is 12.3. The number of carbonyl (C=O) groups excluding carboxylic acids is 1. The quantitative estimate of drug-likeness (QED) is 0.666. The van der Waals surface area contributed by atoms with E-state index in [0.29, 0.717) is 11.6 Å². The molecule has 0 saturated carbocycles. The van der Waals surface area contributed by atoms with Crippen molar-refractivity contribution in [3.63, 3.8) is 0 Å². The van der Waals surface area contributed by atoms with Crippen molar-refractivity contribution in [3.8, 4) is 5.75 Å². The monoisotopic (exact) mass is 328 g/mol. The highest BCUT2D eigenvalue weighted by Gasteiger charge is 2.20. The van der Waals surface area contributed by atoms with Crippen LogP contribution in [0.3, 0.4) is 0 Å². The summed E-state index contributed by atoms with van der Waals surface area (Å²) in [5.41, 5.74) is 5.51. The van der Waals surface area contributed by atoms with Crippen molar-refractivity contribution in [2.24, 2.45) is 11.0 Å². The molecule has 4 nitrogen and oxygen atoms in total. The number of nitrogens with one attached hydrogen (secondary N) is 1. The number of fused-ring (bicyclic) bond motifs is 1. The highest BCUT2D eigenvalue weighted by atomic mass is 32.1. The number of benzene rings is 1. The van der Waals surface area contributed by atoms with Crippen molar-refractivity contribution >= 4 is 23.0 Å². The molecule has 1 aliphatic rings. The first-order valence-corrected chi connectivity index (χ1v) is 8.60. The summed E-state index contributed by atoms with van der Waals surface area (Å²) in [6.07, 6.45) is 3.34. The Labute approximate surface area is 139 Å². The van der Waals surface area contributed by atoms with Gasteiger partial charge in [0.05, 0.1) is 10.6 Å². The van der Waals surface area contributed by atoms with Crippen molar-refractivity contribution in [1.29, 1.82) is 0 Å². The summed E-state index contributed by atoms with van der Waals surface area (Å²) in [7, 11) is 0. The van der Waals surface area contributed by atoms with Crippen LogP contribution in [0.15, 0.2) is 35.4 Å². The molecule has 120 valence electrons. The molecule has 23 heavy (non-hydrogen) atoms. The SMILES string of the molecule is C/C(=N/NC(=O)c1cc2c(s1)CC[C@@H](C)C2)c1ccc(O)cc1. The Hall–Kier alpha value is -2.14. The first-order chi connectivity index (χ1) is 11.0. The van der Waals surface area contributed by atoms with Gasteiger partial charge in [0.2, 0.25) is 0 Å². The van der Waals surface area contributed by atoms with Crippen LogP contribution >= 0.6 is 11.3 Å². The summed E-state index contributed by atoms with van der Waals surface area (Å²) in [5, 5.41) is 13.5. The van der Waals surface area contributed by atoms with Crippen LogP contribution in [0.2, 0.25) is 0 Å². The largest absolute Gasteiger partial charge is 0.508 e. The number of hydrogen-bond acceptors (Lipinski definition) is 4. The van der Waals surface area contributed by atoms with Gasteiger partial charge in [-0.15, -0.1) is 11.3 Å². The Morgan fingerprint density at radius 3 is 2.83 bits per heavy atom. The lowest BCUT2D eigenvalue weighted by Gasteiger charge is -2.16. The molecule has 3 rings (SSSR count). The van der Waals surface area contributed by atoms with Gasteiger partial charge in [0.25, 0.3) is 5.91 Å². The third-order valence-electron chi connectivity index (χ3n) is 4.16. The molecule has 1 atom stereocenters. The van der Waals surface area contributed by atoms with Gasteiger partial charge in [-0.1, -0.05) is 6.92 Å². The van der Waals surface area contributed by atoms with Gasteiger partial charge in [-0.2, -0.15) is 5.10 Å². The summed E-state index contributed by atoms with van der Waals surface area (Å²) in [5.74, 6) is 0.752. The van der Waals surface area contributed by atoms with Gasteiger partial charge in [-0.25, -0.2) is 5.43 Å². The van der Waals surface area contributed by atoms with Crippen LogP contribution in [-0.4, -0.2) is 16.7 Å². The third kappa shape index (κ3) is 3.62. The Balaban J connectivity index is 1.69. The van der Waals surface area contributed by atoms with E-state index >= 15 is 0 Å². The second-order valence-electron chi connectivity index (χ2n) is 6.09. The Bertz CT molecular complexity index is 747. The zero-order chi connectivity index (χ0) is 16.4. The summed E-state index contributed by atoms with van der Waals surface area (Å²) in [6, 6.07) is 8.75. The van der Waals surface area contributed by atoms with Gasteiger partial charge in [-0.05, 0) is 73.6 Å². The molecule has 1 aliphatic carbocycles. The normalized spacial score (nSPS) is 17.7. The highest BCUT2D eigenvalue weighted by Crippen LogP contribution is 2.32. The minimum Gasteiger partial charge on any atom is -0.508 e. The van der Waals surface area contributed by atoms with Crippen LogP contribution in [0, 0.1) is 5.92 Å². The van der Waals surface area contributed by atoms with E-state index < -0.39 is 0 Å². The zero-order valence-electron chi connectivity index (χ0n) is 13.3. The summed E-state index contributed by atoms with van der Waals surface area (Å²) in [4.78, 5) is 14.4. The Morgan fingerprint density at radius 1 is 1.35 bits per heavy atom. The lowest BCUT2D eigenvalue weighted by Crippen LogP contribution is -2.18. The fourth-order valence-electron chi connectivity index (χ4n) is 2.77. The van der Waals surface area contributed by atoms with E-state index in [2.05, 4.69) is 17.5 Å². The van der Waals surface area contributed by atoms with Gasteiger partial charge in [0.15, 0.2) is 0 Å². The van der Waals surface area contributed by atoms with Crippen LogP contribution in [0.1, 0.15) is 45.9 Å². The molecule has 0 spiro atoms. The number of aryl methyl sites for hydroxylation is 1. The minimum atomic E-state index is -0.157. The zero-order valence-corrected chi connectivity index (χ0v) is 14.1. The molecule has 2 aromatic rings. The fraction of sp³-hybridized carbons (Fsp3) is 0.333. The molecule has 0 bridgehead atoms. The number of hydrazone groups is 1. The average Bonchev–Trinajstić information content (AvgIpc) is 2.96. The van der Waals surface area contributed by atoms with E-state index in [-0.39, 0.29) is 11.7 Å². The van der Waals surface area contributed by atoms with E-state index in [0.717, 1.165) is 23.3 Å². The van der Waals surface area contributed by atoms with Crippen molar-refractivity contribution in [2.75, 3.05) is 0 Å². The number of phenols is 1. The Kier molecular flexibility index (Phi) is 4.48. The van der Waals surface area contributed by atoms with E-state index in [9.17, 15) is 9.90 Å². The van der Waals surface area contributed by atoms with Crippen LogP contribution in [0.25, 0.3) is 0 Å². The Morgan fingerprint density at radius 2 is 2.09 bits per heavy atom. The van der Waals surface area contributed by atoms with Gasteiger partial charge < -0.3 is 5.11 Å². The molecule has 1 aromatic carbocycles. The third-order valence-corrected chi connectivity index (χ3v) is 5.40. The number of carbonyl (C=O) groups is 1. The predicted molar refractivity (Wildman–Crippen MR) is 93.3 cm³/mol. The number of rotatable bonds is 3. The van der Waals surface area contributed by atoms with E-state index in [1.165, 1.54) is 16.9 Å². The van der Waals surface area contributed by atoms with E-state index in [1.54, 1.807) is 35.6 Å². The lowest BCUT2D eigenvalue weighted by atomic mass is 9.90. The lowest BCUT2D eigenvalue weighted by molar-refractivity contribution is 0.0959. The molecule has 0 fully saturated rings. The topological polar surface area (TPSA) is 61.7 Å². The van der Waals surface area contributed by atoms with Crippen molar-refractivity contribution in [3.05, 3.63) is 51.2 Å². The molecule has 1 heterocycles. The van der Waals surface area contributed by atoms with Crippen LogP contribution in [0.5, 0.6) is 5.75 Å². The molecular formula is C18H20N2O2S. The smallest absolute Gasteiger partial charge is 0.281 e. The van der Waals surface area contributed by atoms with Gasteiger partial charge >= 0.3 is 0 Å². The van der Waals surface area contributed by atoms with Crippen LogP contribution in [-0.2, 0) is 12.8 Å². The van der Waals surface area contributed by atoms with Gasteiger partial charge in [0.1, 0.15) is 5.75 Å². The second kappa shape index (κ2) is 6.54. The summed E-state index contributed by atoms with van der Waals surface area (Å²) >= 11 is 1.58. The number of nitrogens with zero attached hydrogens (tertiary/aromatic N) is 1. The van der Waals surface area contributed by atoms with Gasteiger partial charge in [0, 0.05) is 4.88 Å². The van der Waals surface area contributed by atoms with Crippen molar-refractivity contribution < 1.29 is 9.90 Å². The molecule has 5 heteroatoms. The average molecular weight is 328 g/mol. The predicted octanol–water partition coefficient (Wildman–Crippen LogP) is 3.73. The number of phenolic OH excluding ortho intramolecular Hbond substituents is 1. The van der Waals surface area contributed by atoms with Crippen molar-refractivity contribution in [2.45, 2.75) is 33.1 Å². The number of amides is 1. The second-order valence-corrected chi connectivity index (χ2v) is 7.23. The molecule has 0 saturated heterocycles. The fourth-order valence-corrected chi connectivity index (χ4v) is 3.87. The minimum absolute atomic E-state index is 0.157. The van der Waals surface area contributed by atoms with Crippen LogP contribution in [0.4, 0.5) is 0 Å². The van der Waals surface area contributed by atoms with Crippen molar-refractivity contribution in [1.82, 2.24) is 5.43 Å². The molecule has 2 N–H and O–H groups in total.